The molecule has 0 aromatic carbocycles. The van der Waals surface area contributed by atoms with E-state index >= 15 is 0 Å². The molecule has 7 nitrogen and oxygen atoms in total. The Hall–Kier alpha value is -2.81. The maximum absolute atomic E-state index is 13.6. The van der Waals surface area contributed by atoms with E-state index in [4.69, 9.17) is 10.5 Å². The normalized spacial score (nSPS) is 15.7. The Morgan fingerprint density at radius 3 is 2.79 bits per heavy atom. The number of nitrogens with zero attached hydrogens (tertiary/aromatic N) is 2. The number of pyridine rings is 2. The van der Waals surface area contributed by atoms with Crippen LogP contribution in [0.4, 0.5) is 19.4 Å². The molecule has 1 fully saturated rings. The third-order valence-corrected chi connectivity index (χ3v) is 4.57. The number of nitrogens with one attached hydrogen (secondary N) is 1. The molecule has 1 saturated carbocycles. The van der Waals surface area contributed by atoms with Gasteiger partial charge in [0.15, 0.2) is 0 Å². The van der Waals surface area contributed by atoms with Gasteiger partial charge in [0, 0.05) is 17.3 Å². The lowest BCUT2D eigenvalue weighted by Crippen LogP contribution is -2.43. The lowest BCUT2D eigenvalue weighted by molar-refractivity contribution is 0.135. The van der Waals surface area contributed by atoms with E-state index < -0.39 is 23.8 Å². The smallest absolute Gasteiger partial charge is 0.412 e. The van der Waals surface area contributed by atoms with Crippen molar-refractivity contribution in [2.45, 2.75) is 38.2 Å². The predicted octanol–water partition coefficient (Wildman–Crippen LogP) is 4.16. The number of hydrogen-bond donors (Lipinski definition) is 2. The van der Waals surface area contributed by atoms with Crippen LogP contribution in [0.2, 0.25) is 0 Å². The molecule has 2 heterocycles. The molecular weight excluding hydrogens is 382 g/mol. The van der Waals surface area contributed by atoms with Gasteiger partial charge < -0.3 is 15.2 Å². The highest BCUT2D eigenvalue weighted by molar-refractivity contribution is 5.84. The summed E-state index contributed by atoms with van der Waals surface area (Å²) in [5.41, 5.74) is 6.01. The Kier molecular flexibility index (Phi) is 6.26. The quantitative estimate of drug-likeness (QED) is 0.683. The Morgan fingerprint density at radius 1 is 1.38 bits per heavy atom. The molecule has 2 aromatic rings. The molecule has 3 rings (SSSR count). The van der Waals surface area contributed by atoms with Crippen LogP contribution in [0.1, 0.15) is 38.3 Å². The summed E-state index contributed by atoms with van der Waals surface area (Å²) >= 11 is 0. The number of carbonyl (C=O) groups is 1. The zero-order valence-electron chi connectivity index (χ0n) is 16.3. The van der Waals surface area contributed by atoms with Crippen LogP contribution in [-0.2, 0) is 4.74 Å². The summed E-state index contributed by atoms with van der Waals surface area (Å²) in [5.74, 6) is 0.829. The minimum absolute atomic E-state index is 0.0122. The summed E-state index contributed by atoms with van der Waals surface area (Å²) in [6, 6.07) is 6.16. The van der Waals surface area contributed by atoms with E-state index in [9.17, 15) is 13.6 Å². The number of hydrogen-bond acceptors (Lipinski definition) is 6. The third kappa shape index (κ3) is 5.83. The van der Waals surface area contributed by atoms with E-state index in [-0.39, 0.29) is 18.2 Å². The Bertz CT molecular complexity index is 873. The second-order valence-electron chi connectivity index (χ2n) is 7.52. The van der Waals surface area contributed by atoms with Crippen LogP contribution in [0.15, 0.2) is 30.5 Å². The van der Waals surface area contributed by atoms with Gasteiger partial charge >= 0.3 is 6.09 Å². The molecule has 156 valence electrons. The van der Waals surface area contributed by atoms with Crippen molar-refractivity contribution in [3.05, 3.63) is 36.2 Å². The predicted molar refractivity (Wildman–Crippen MR) is 104 cm³/mol. The first kappa shape index (κ1) is 20.9. The molecule has 0 radical (unpaired) electrons. The van der Waals surface area contributed by atoms with Gasteiger partial charge in [-0.3, -0.25) is 5.32 Å². The number of nitrogens with two attached hydrogens (primary N) is 1. The van der Waals surface area contributed by atoms with Gasteiger partial charge in [0.25, 0.3) is 6.43 Å². The SMILES string of the molecule is COC(=O)Nc1cc(-c2ccc(OCC(C)(N)CC3CC3)c(C(F)F)n2)ccn1. The molecule has 1 atom stereocenters. The van der Waals surface area contributed by atoms with Crippen molar-refractivity contribution in [2.24, 2.45) is 11.7 Å². The molecular formula is C20H24F2N4O3. The summed E-state index contributed by atoms with van der Waals surface area (Å²) in [5, 5.41) is 2.42. The number of amides is 1. The van der Waals surface area contributed by atoms with Crippen LogP contribution < -0.4 is 15.8 Å². The molecule has 0 aliphatic heterocycles. The molecule has 2 aromatic heterocycles. The topological polar surface area (TPSA) is 99.4 Å². The molecule has 0 saturated heterocycles. The first-order valence-electron chi connectivity index (χ1n) is 9.29. The molecule has 29 heavy (non-hydrogen) atoms. The second-order valence-corrected chi connectivity index (χ2v) is 7.52. The van der Waals surface area contributed by atoms with Crippen LogP contribution in [-0.4, -0.2) is 35.3 Å². The molecule has 3 N–H and O–H groups in total. The molecule has 1 aliphatic carbocycles. The van der Waals surface area contributed by atoms with E-state index in [2.05, 4.69) is 20.0 Å². The zero-order chi connectivity index (χ0) is 21.0. The molecule has 1 amide bonds. The number of aromatic nitrogens is 2. The van der Waals surface area contributed by atoms with Crippen LogP contribution in [0.5, 0.6) is 5.75 Å². The lowest BCUT2D eigenvalue weighted by Gasteiger charge is -2.25. The Labute approximate surface area is 167 Å². The largest absolute Gasteiger partial charge is 0.490 e. The first-order valence-corrected chi connectivity index (χ1v) is 9.29. The fraction of sp³-hybridized carbons (Fsp3) is 0.450. The molecule has 0 spiro atoms. The number of anilines is 1. The maximum atomic E-state index is 13.6. The van der Waals surface area contributed by atoms with Crippen molar-refractivity contribution < 1.29 is 23.0 Å². The second kappa shape index (κ2) is 8.69. The average molecular weight is 406 g/mol. The van der Waals surface area contributed by atoms with Crippen molar-refractivity contribution in [3.63, 3.8) is 0 Å². The zero-order valence-corrected chi connectivity index (χ0v) is 16.3. The van der Waals surface area contributed by atoms with Gasteiger partial charge in [-0.2, -0.15) is 0 Å². The van der Waals surface area contributed by atoms with Gasteiger partial charge in [0.05, 0.1) is 12.8 Å². The highest BCUT2D eigenvalue weighted by Gasteiger charge is 2.31. The van der Waals surface area contributed by atoms with Crippen molar-refractivity contribution >= 4 is 11.9 Å². The number of alkyl halides is 2. The number of carbonyl (C=O) groups excluding carboxylic acids is 1. The van der Waals surface area contributed by atoms with Crippen molar-refractivity contribution in [2.75, 3.05) is 19.0 Å². The average Bonchev–Trinajstić information content (AvgIpc) is 3.49. The molecule has 1 unspecified atom stereocenters. The Morgan fingerprint density at radius 2 is 2.14 bits per heavy atom. The summed E-state index contributed by atoms with van der Waals surface area (Å²) in [6.07, 6.45) is 1.05. The highest BCUT2D eigenvalue weighted by Crippen LogP contribution is 2.37. The first-order chi connectivity index (χ1) is 13.8. The third-order valence-electron chi connectivity index (χ3n) is 4.57. The number of rotatable bonds is 8. The highest BCUT2D eigenvalue weighted by atomic mass is 19.3. The van der Waals surface area contributed by atoms with E-state index in [0.29, 0.717) is 17.2 Å². The number of ether oxygens (including phenoxy) is 2. The van der Waals surface area contributed by atoms with Crippen LogP contribution in [0, 0.1) is 5.92 Å². The van der Waals surface area contributed by atoms with Crippen molar-refractivity contribution in [1.29, 1.82) is 0 Å². The monoisotopic (exact) mass is 406 g/mol. The van der Waals surface area contributed by atoms with Gasteiger partial charge in [-0.05, 0) is 43.5 Å². The summed E-state index contributed by atoms with van der Waals surface area (Å²) in [6.45, 7) is 1.99. The van der Waals surface area contributed by atoms with Gasteiger partial charge in [-0.25, -0.2) is 23.5 Å². The summed E-state index contributed by atoms with van der Waals surface area (Å²) < 4.78 is 37.3. The molecule has 9 heteroatoms. The van der Waals surface area contributed by atoms with Gasteiger partial charge in [-0.15, -0.1) is 0 Å². The summed E-state index contributed by atoms with van der Waals surface area (Å²) in [4.78, 5) is 19.4. The number of methoxy groups -OCH3 is 1. The molecule has 1 aliphatic rings. The van der Waals surface area contributed by atoms with Gasteiger partial charge in [0.2, 0.25) is 0 Å². The van der Waals surface area contributed by atoms with E-state index in [1.165, 1.54) is 25.4 Å². The van der Waals surface area contributed by atoms with Gasteiger partial charge in [0.1, 0.15) is 23.9 Å². The van der Waals surface area contributed by atoms with Crippen LogP contribution in [0.25, 0.3) is 11.3 Å². The van der Waals surface area contributed by atoms with E-state index in [1.807, 2.05) is 6.92 Å². The minimum Gasteiger partial charge on any atom is -0.490 e. The van der Waals surface area contributed by atoms with Crippen molar-refractivity contribution in [3.8, 4) is 17.0 Å². The fourth-order valence-electron chi connectivity index (χ4n) is 3.00. The van der Waals surface area contributed by atoms with Crippen molar-refractivity contribution in [1.82, 2.24) is 9.97 Å². The van der Waals surface area contributed by atoms with E-state index in [0.717, 1.165) is 19.3 Å². The van der Waals surface area contributed by atoms with Crippen LogP contribution >= 0.6 is 0 Å². The van der Waals surface area contributed by atoms with E-state index in [1.54, 1.807) is 12.1 Å². The fourth-order valence-corrected chi connectivity index (χ4v) is 3.00. The standard InChI is InChI=1S/C20H24F2N4O3/c1-20(23,10-12-3-4-12)11-29-15-6-5-14(25-17(15)18(21)22)13-7-8-24-16(9-13)26-19(27)28-2/h5-9,12,18H,3-4,10-11,23H2,1-2H3,(H,24,26,27). The lowest BCUT2D eigenvalue weighted by atomic mass is 9.97. The van der Waals surface area contributed by atoms with Crippen LogP contribution in [0.3, 0.4) is 0 Å². The minimum atomic E-state index is -2.81. The Balaban J connectivity index is 1.78. The van der Waals surface area contributed by atoms with Gasteiger partial charge in [-0.1, -0.05) is 12.8 Å². The molecule has 0 bridgehead atoms. The summed E-state index contributed by atoms with van der Waals surface area (Å²) in [7, 11) is 1.23. The number of halogens is 2. The maximum Gasteiger partial charge on any atom is 0.412 e.